The zero-order valence-corrected chi connectivity index (χ0v) is 39.3. The van der Waals surface area contributed by atoms with E-state index in [1.165, 1.54) is 16.8 Å². The second-order valence-corrected chi connectivity index (χ2v) is 20.4. The highest BCUT2D eigenvalue weighted by molar-refractivity contribution is 7.92. The van der Waals surface area contributed by atoms with Crippen LogP contribution in [-0.2, 0) is 30.8 Å². The Morgan fingerprint density at radius 3 is 2.29 bits per heavy atom. The fraction of sp³-hybridized carbons (Fsp3) is 0.426. The highest BCUT2D eigenvalue weighted by Crippen LogP contribution is 2.40. The third-order valence-electron chi connectivity index (χ3n) is 14.1. The molecule has 6 aliphatic heterocycles. The Hall–Kier alpha value is -6.51. The highest BCUT2D eigenvalue weighted by atomic mass is 35.5. The van der Waals surface area contributed by atoms with Crippen molar-refractivity contribution >= 4 is 91.4 Å². The first-order chi connectivity index (χ1) is 32.7. The number of amides is 5. The van der Waals surface area contributed by atoms with E-state index >= 15 is 0 Å². The van der Waals surface area contributed by atoms with Crippen molar-refractivity contribution in [3.63, 3.8) is 0 Å². The number of carbonyl (C=O) groups is 5. The van der Waals surface area contributed by atoms with E-state index in [9.17, 15) is 32.4 Å². The summed E-state index contributed by atoms with van der Waals surface area (Å²) in [7, 11) is -1.86. The number of imide groups is 2. The van der Waals surface area contributed by atoms with Gasteiger partial charge in [0.2, 0.25) is 33.7 Å². The van der Waals surface area contributed by atoms with Gasteiger partial charge in [-0.05, 0) is 74.1 Å². The molecule has 19 nitrogen and oxygen atoms in total. The molecule has 4 saturated heterocycles. The molecule has 6 aliphatic rings. The van der Waals surface area contributed by atoms with E-state index in [2.05, 4.69) is 40.6 Å². The molecule has 356 valence electrons. The van der Waals surface area contributed by atoms with Crippen LogP contribution in [0, 0.1) is 5.92 Å². The lowest BCUT2D eigenvalue weighted by Crippen LogP contribution is -2.55. The SMILES string of the molecule is COc1cc(N2CCC(N3CCN(C(=O)[C@@H]4CCN(c5ccc6c(c5)C(=O)N(C5CCC(=O)NC5=O)C6=O)C4)CC3)CC2)ccc1Nc1ncc(Cl)c(Nc2cccc3c2N(S(C)(=O)=O)CC3)n1. The summed E-state index contributed by atoms with van der Waals surface area (Å²) in [6, 6.07) is 16.1. The maximum absolute atomic E-state index is 13.8. The Balaban J connectivity index is 0.705. The van der Waals surface area contributed by atoms with Gasteiger partial charge in [0.1, 0.15) is 16.8 Å². The number of methoxy groups -OCH3 is 1. The van der Waals surface area contributed by atoms with Gasteiger partial charge in [-0.1, -0.05) is 23.7 Å². The lowest BCUT2D eigenvalue weighted by atomic mass is 10.0. The molecule has 0 spiro atoms. The van der Waals surface area contributed by atoms with Crippen LogP contribution < -0.4 is 34.8 Å². The molecule has 3 N–H and O–H groups in total. The van der Waals surface area contributed by atoms with Crippen molar-refractivity contribution in [1.82, 2.24) is 30.0 Å². The number of ether oxygens (including phenoxy) is 1. The van der Waals surface area contributed by atoms with E-state index in [0.29, 0.717) is 80.2 Å². The summed E-state index contributed by atoms with van der Waals surface area (Å²) in [6.07, 6.45) is 6.10. The second kappa shape index (κ2) is 18.2. The Morgan fingerprint density at radius 2 is 1.54 bits per heavy atom. The van der Waals surface area contributed by atoms with E-state index in [-0.39, 0.29) is 46.8 Å². The van der Waals surface area contributed by atoms with Crippen LogP contribution in [0.1, 0.15) is 58.4 Å². The summed E-state index contributed by atoms with van der Waals surface area (Å²) < 4.78 is 32.3. The molecule has 0 radical (unpaired) electrons. The Morgan fingerprint density at radius 1 is 0.809 bits per heavy atom. The van der Waals surface area contributed by atoms with Crippen LogP contribution in [0.15, 0.2) is 60.8 Å². The van der Waals surface area contributed by atoms with Crippen LogP contribution in [0.25, 0.3) is 0 Å². The van der Waals surface area contributed by atoms with Gasteiger partial charge in [-0.2, -0.15) is 4.98 Å². The summed E-state index contributed by atoms with van der Waals surface area (Å²) in [5.41, 5.74) is 5.00. The van der Waals surface area contributed by atoms with Gasteiger partial charge in [0.05, 0.1) is 53.7 Å². The number of sulfonamides is 1. The largest absolute Gasteiger partial charge is 0.494 e. The van der Waals surface area contributed by atoms with Crippen molar-refractivity contribution in [3.8, 4) is 5.75 Å². The van der Waals surface area contributed by atoms with Crippen molar-refractivity contribution in [1.29, 1.82) is 0 Å². The van der Waals surface area contributed by atoms with Gasteiger partial charge in [0.25, 0.3) is 11.8 Å². The molecule has 0 bridgehead atoms. The fourth-order valence-corrected chi connectivity index (χ4v) is 11.6. The van der Waals surface area contributed by atoms with Gasteiger partial charge in [0, 0.05) is 88.8 Å². The van der Waals surface area contributed by atoms with Gasteiger partial charge < -0.3 is 30.1 Å². The van der Waals surface area contributed by atoms with E-state index in [4.69, 9.17) is 16.3 Å². The number of anilines is 7. The van der Waals surface area contributed by atoms with Crippen LogP contribution in [-0.4, -0.2) is 147 Å². The van der Waals surface area contributed by atoms with Gasteiger partial charge >= 0.3 is 0 Å². The fourth-order valence-electron chi connectivity index (χ4n) is 10.5. The number of piperidine rings is 2. The second-order valence-electron chi connectivity index (χ2n) is 18.1. The number of rotatable bonds is 11. The number of aromatic nitrogens is 2. The van der Waals surface area contributed by atoms with Crippen LogP contribution in [0.3, 0.4) is 0 Å². The van der Waals surface area contributed by atoms with Gasteiger partial charge in [-0.25, -0.2) is 13.4 Å². The third-order valence-corrected chi connectivity index (χ3v) is 15.5. The average molecular weight is 967 g/mol. The number of para-hydroxylation sites is 1. The Labute approximate surface area is 398 Å². The first-order valence-corrected chi connectivity index (χ1v) is 25.2. The van der Waals surface area contributed by atoms with Gasteiger partial charge in [0.15, 0.2) is 5.82 Å². The number of nitrogens with one attached hydrogen (secondary N) is 3. The molecule has 0 aliphatic carbocycles. The summed E-state index contributed by atoms with van der Waals surface area (Å²) in [5.74, 6) is -0.969. The Bertz CT molecular complexity index is 2830. The molecule has 3 aromatic carbocycles. The molecule has 0 saturated carbocycles. The van der Waals surface area contributed by atoms with Crippen LogP contribution in [0.4, 0.5) is 40.2 Å². The minimum absolute atomic E-state index is 0.0587. The van der Waals surface area contributed by atoms with Crippen LogP contribution >= 0.6 is 11.6 Å². The molecule has 1 unspecified atom stereocenters. The molecule has 21 heteroatoms. The quantitative estimate of drug-likeness (QED) is 0.182. The number of piperazine rings is 1. The number of benzene rings is 3. The lowest BCUT2D eigenvalue weighted by molar-refractivity contribution is -0.137. The minimum Gasteiger partial charge on any atom is -0.494 e. The topological polar surface area (TPSA) is 210 Å². The third kappa shape index (κ3) is 8.64. The predicted octanol–water partition coefficient (Wildman–Crippen LogP) is 3.99. The molecule has 68 heavy (non-hydrogen) atoms. The molecule has 2 atom stereocenters. The number of fused-ring (bicyclic) bond motifs is 2. The number of hydrogen-bond donors (Lipinski definition) is 3. The Kier molecular flexibility index (Phi) is 12.1. The van der Waals surface area contributed by atoms with E-state index in [1.54, 1.807) is 31.4 Å². The molecule has 4 fully saturated rings. The van der Waals surface area contributed by atoms with Crippen molar-refractivity contribution in [3.05, 3.63) is 82.5 Å². The maximum Gasteiger partial charge on any atom is 0.262 e. The molecular formula is C47H52ClN11O8S. The molecule has 10 rings (SSSR count). The molecule has 5 amide bonds. The molecule has 4 aromatic rings. The van der Waals surface area contributed by atoms with Crippen LogP contribution in [0.2, 0.25) is 5.02 Å². The van der Waals surface area contributed by atoms with E-state index < -0.39 is 39.7 Å². The number of carbonyl (C=O) groups excluding carboxylic acids is 5. The highest BCUT2D eigenvalue weighted by Gasteiger charge is 2.45. The first-order valence-electron chi connectivity index (χ1n) is 23.0. The minimum atomic E-state index is -3.48. The summed E-state index contributed by atoms with van der Waals surface area (Å²) in [4.78, 5) is 83.5. The van der Waals surface area contributed by atoms with Gasteiger partial charge in [-0.15, -0.1) is 0 Å². The number of hydrogen-bond acceptors (Lipinski definition) is 15. The van der Waals surface area contributed by atoms with Crippen molar-refractivity contribution in [2.45, 2.75) is 50.6 Å². The molecule has 7 heterocycles. The smallest absolute Gasteiger partial charge is 0.262 e. The summed E-state index contributed by atoms with van der Waals surface area (Å²) in [5, 5.41) is 8.99. The summed E-state index contributed by atoms with van der Waals surface area (Å²) >= 11 is 6.53. The van der Waals surface area contributed by atoms with E-state index in [0.717, 1.165) is 60.9 Å². The zero-order valence-electron chi connectivity index (χ0n) is 37.7. The lowest BCUT2D eigenvalue weighted by Gasteiger charge is -2.43. The normalized spacial score (nSPS) is 21.3. The summed E-state index contributed by atoms with van der Waals surface area (Å²) in [6.45, 7) is 6.19. The number of nitrogens with zero attached hydrogens (tertiary/aromatic N) is 8. The van der Waals surface area contributed by atoms with Gasteiger partial charge in [-0.3, -0.25) is 43.4 Å². The number of halogens is 1. The predicted molar refractivity (Wildman–Crippen MR) is 256 cm³/mol. The molecule has 1 aromatic heterocycles. The first kappa shape index (κ1) is 45.3. The molecular weight excluding hydrogens is 914 g/mol. The van der Waals surface area contributed by atoms with E-state index in [1.807, 2.05) is 35.2 Å². The maximum atomic E-state index is 13.8. The average Bonchev–Trinajstić information content (AvgIpc) is 4.08. The van der Waals surface area contributed by atoms with Crippen LogP contribution in [0.5, 0.6) is 5.75 Å². The standard InChI is InChI=1S/C47H52ClN11O8S/c1-67-39-25-32(7-9-36(39)51-47-49-26-35(48)42(53-47)50-37-5-3-4-28-13-19-58(41(28)37)68(2,65)66)54-17-14-30(15-18-54)55-20-22-56(23-21-55)44(62)29-12-16-57(27-29)31-6-8-33-34(24-31)46(64)59(45(33)63)38-10-11-40(60)52-43(38)61/h3-9,24-26,29-30,38H,10-23,27H2,1-2H3,(H,52,60,61)(H2,49,50,51,53)/t29-,38?/m1/s1. The zero-order chi connectivity index (χ0) is 47.4. The van der Waals surface area contributed by atoms with Crippen molar-refractivity contribution in [2.24, 2.45) is 5.92 Å². The van der Waals surface area contributed by atoms with Crippen molar-refractivity contribution < 1.29 is 37.1 Å². The monoisotopic (exact) mass is 965 g/mol. The van der Waals surface area contributed by atoms with Crippen molar-refractivity contribution in [2.75, 3.05) is 97.0 Å².